The second-order valence-corrected chi connectivity index (χ2v) is 4.92. The first-order valence-corrected chi connectivity index (χ1v) is 6.48. The predicted molar refractivity (Wildman–Crippen MR) is 67.9 cm³/mol. The number of hydrogen-bond acceptors (Lipinski definition) is 4. The summed E-state index contributed by atoms with van der Waals surface area (Å²) in [5.41, 5.74) is 0.911. The van der Waals surface area contributed by atoms with E-state index < -0.39 is 0 Å². The van der Waals surface area contributed by atoms with Gasteiger partial charge in [0.1, 0.15) is 12.1 Å². The number of aliphatic hydroxyl groups excluding tert-OH is 1. The topological polar surface area (TPSA) is 58.0 Å². The van der Waals surface area contributed by atoms with Crippen LogP contribution in [0, 0.1) is 0 Å². The summed E-state index contributed by atoms with van der Waals surface area (Å²) in [5.74, 6) is 0.847. The normalized spacial score (nSPS) is 18.2. The Morgan fingerprint density at radius 2 is 2.12 bits per heavy atom. The van der Waals surface area contributed by atoms with Gasteiger partial charge in [0, 0.05) is 11.8 Å². The average molecular weight is 235 g/mol. The van der Waals surface area contributed by atoms with Crippen LogP contribution in [0.2, 0.25) is 0 Å². The summed E-state index contributed by atoms with van der Waals surface area (Å²) in [4.78, 5) is 8.48. The molecule has 0 unspecified atom stereocenters. The van der Waals surface area contributed by atoms with E-state index in [0.717, 1.165) is 37.2 Å². The molecule has 1 aromatic heterocycles. The Bertz CT molecular complexity index is 361. The molecule has 1 aliphatic rings. The number of aromatic nitrogens is 2. The second-order valence-electron chi connectivity index (χ2n) is 4.92. The summed E-state index contributed by atoms with van der Waals surface area (Å²) in [6.45, 7) is 2.32. The zero-order chi connectivity index (χ0) is 12.1. The number of aryl methyl sites for hydroxylation is 1. The highest BCUT2D eigenvalue weighted by Gasteiger charge is 2.33. The van der Waals surface area contributed by atoms with E-state index in [4.69, 9.17) is 0 Å². The van der Waals surface area contributed by atoms with Crippen molar-refractivity contribution in [1.82, 2.24) is 9.97 Å². The fourth-order valence-electron chi connectivity index (χ4n) is 2.50. The number of hydrogen-bond donors (Lipinski definition) is 2. The fourth-order valence-corrected chi connectivity index (χ4v) is 2.50. The van der Waals surface area contributed by atoms with E-state index in [0.29, 0.717) is 0 Å². The Morgan fingerprint density at radius 3 is 2.76 bits per heavy atom. The number of rotatable bonds is 5. The molecule has 4 heteroatoms. The van der Waals surface area contributed by atoms with Crippen LogP contribution in [0.1, 0.15) is 44.7 Å². The maximum Gasteiger partial charge on any atom is 0.130 e. The molecule has 0 aliphatic heterocycles. The molecule has 2 N–H and O–H groups in total. The Labute approximate surface area is 102 Å². The lowest BCUT2D eigenvalue weighted by atomic mass is 9.99. The van der Waals surface area contributed by atoms with Gasteiger partial charge in [-0.1, -0.05) is 26.2 Å². The third-order valence-electron chi connectivity index (χ3n) is 3.49. The molecular weight excluding hydrogens is 214 g/mol. The van der Waals surface area contributed by atoms with Crippen molar-refractivity contribution in [3.8, 4) is 0 Å². The van der Waals surface area contributed by atoms with Crippen molar-refractivity contribution in [2.45, 2.75) is 51.0 Å². The zero-order valence-electron chi connectivity index (χ0n) is 10.4. The van der Waals surface area contributed by atoms with Gasteiger partial charge in [0.2, 0.25) is 0 Å². The smallest absolute Gasteiger partial charge is 0.130 e. The predicted octanol–water partition coefficient (Wildman–Crippen LogP) is 2.15. The van der Waals surface area contributed by atoms with Gasteiger partial charge in [0.25, 0.3) is 0 Å². The minimum atomic E-state index is -0.155. The van der Waals surface area contributed by atoms with Crippen LogP contribution in [0.4, 0.5) is 5.82 Å². The lowest BCUT2D eigenvalue weighted by Gasteiger charge is -2.28. The molecule has 17 heavy (non-hydrogen) atoms. The molecular formula is C13H21N3O. The van der Waals surface area contributed by atoms with Crippen LogP contribution in [0.15, 0.2) is 12.4 Å². The third-order valence-corrected chi connectivity index (χ3v) is 3.49. The fraction of sp³-hybridized carbons (Fsp3) is 0.692. The number of aliphatic hydroxyl groups is 1. The third kappa shape index (κ3) is 2.94. The standard InChI is InChI=1S/C13H21N3O/c1-2-5-11-8-12(15-10-14-11)16-13(9-17)6-3-4-7-13/h8,10,17H,2-7,9H2,1H3,(H,14,15,16). The highest BCUT2D eigenvalue weighted by atomic mass is 16.3. The Balaban J connectivity index is 2.09. The first-order valence-electron chi connectivity index (χ1n) is 6.48. The zero-order valence-corrected chi connectivity index (χ0v) is 10.4. The largest absolute Gasteiger partial charge is 0.394 e. The van der Waals surface area contributed by atoms with E-state index in [-0.39, 0.29) is 12.1 Å². The van der Waals surface area contributed by atoms with E-state index >= 15 is 0 Å². The molecule has 4 nitrogen and oxygen atoms in total. The molecule has 0 aromatic carbocycles. The molecule has 94 valence electrons. The van der Waals surface area contributed by atoms with Crippen LogP contribution in [-0.4, -0.2) is 27.2 Å². The van der Waals surface area contributed by atoms with Crippen molar-refractivity contribution >= 4 is 5.82 Å². The second kappa shape index (κ2) is 5.45. The van der Waals surface area contributed by atoms with Gasteiger partial charge in [-0.3, -0.25) is 0 Å². The molecule has 1 aliphatic carbocycles. The highest BCUT2D eigenvalue weighted by Crippen LogP contribution is 2.32. The molecule has 0 atom stereocenters. The van der Waals surface area contributed by atoms with Crippen molar-refractivity contribution < 1.29 is 5.11 Å². The number of anilines is 1. The van der Waals surface area contributed by atoms with Gasteiger partial charge in [-0.2, -0.15) is 0 Å². The van der Waals surface area contributed by atoms with Crippen LogP contribution in [0.3, 0.4) is 0 Å². The molecule has 2 rings (SSSR count). The van der Waals surface area contributed by atoms with Crippen molar-refractivity contribution in [3.63, 3.8) is 0 Å². The molecule has 1 saturated carbocycles. The molecule has 0 spiro atoms. The summed E-state index contributed by atoms with van der Waals surface area (Å²) in [6.07, 6.45) is 8.08. The number of nitrogens with one attached hydrogen (secondary N) is 1. The van der Waals surface area contributed by atoms with Crippen molar-refractivity contribution in [2.24, 2.45) is 0 Å². The van der Waals surface area contributed by atoms with Crippen LogP contribution >= 0.6 is 0 Å². The van der Waals surface area contributed by atoms with E-state index in [2.05, 4.69) is 22.2 Å². The van der Waals surface area contributed by atoms with Crippen molar-refractivity contribution in [2.75, 3.05) is 11.9 Å². The van der Waals surface area contributed by atoms with E-state index in [1.165, 1.54) is 12.8 Å². The van der Waals surface area contributed by atoms with Crippen LogP contribution in [-0.2, 0) is 6.42 Å². The molecule has 0 saturated heterocycles. The van der Waals surface area contributed by atoms with Gasteiger partial charge in [0.15, 0.2) is 0 Å². The Morgan fingerprint density at radius 1 is 1.35 bits per heavy atom. The average Bonchev–Trinajstić information content (AvgIpc) is 2.79. The van der Waals surface area contributed by atoms with Crippen LogP contribution < -0.4 is 5.32 Å². The van der Waals surface area contributed by atoms with Crippen LogP contribution in [0.5, 0.6) is 0 Å². The molecule has 1 aromatic rings. The highest BCUT2D eigenvalue weighted by molar-refractivity contribution is 5.38. The first kappa shape index (κ1) is 12.3. The minimum Gasteiger partial charge on any atom is -0.394 e. The van der Waals surface area contributed by atoms with Crippen molar-refractivity contribution in [1.29, 1.82) is 0 Å². The van der Waals surface area contributed by atoms with Crippen molar-refractivity contribution in [3.05, 3.63) is 18.1 Å². The van der Waals surface area contributed by atoms with Crippen LogP contribution in [0.25, 0.3) is 0 Å². The van der Waals surface area contributed by atoms with Gasteiger partial charge in [0.05, 0.1) is 12.1 Å². The lowest BCUT2D eigenvalue weighted by Crippen LogP contribution is -2.39. The maximum atomic E-state index is 9.54. The molecule has 0 bridgehead atoms. The Kier molecular flexibility index (Phi) is 3.94. The quantitative estimate of drug-likeness (QED) is 0.821. The SMILES string of the molecule is CCCc1cc(NC2(CO)CCCC2)ncn1. The minimum absolute atomic E-state index is 0.155. The lowest BCUT2D eigenvalue weighted by molar-refractivity contribution is 0.214. The van der Waals surface area contributed by atoms with Gasteiger partial charge in [-0.15, -0.1) is 0 Å². The number of nitrogens with zero attached hydrogens (tertiary/aromatic N) is 2. The first-order chi connectivity index (χ1) is 8.28. The maximum absolute atomic E-state index is 9.54. The Hall–Kier alpha value is -1.16. The monoisotopic (exact) mass is 235 g/mol. The summed E-state index contributed by atoms with van der Waals surface area (Å²) >= 11 is 0. The molecule has 1 heterocycles. The molecule has 0 amide bonds. The summed E-state index contributed by atoms with van der Waals surface area (Å²) in [7, 11) is 0. The summed E-state index contributed by atoms with van der Waals surface area (Å²) in [5, 5.41) is 12.9. The van der Waals surface area contributed by atoms with Gasteiger partial charge in [-0.05, 0) is 19.3 Å². The summed E-state index contributed by atoms with van der Waals surface area (Å²) < 4.78 is 0. The molecule has 1 fully saturated rings. The van der Waals surface area contributed by atoms with E-state index in [9.17, 15) is 5.11 Å². The van der Waals surface area contributed by atoms with Gasteiger partial charge < -0.3 is 10.4 Å². The summed E-state index contributed by atoms with van der Waals surface area (Å²) in [6, 6.07) is 2.00. The van der Waals surface area contributed by atoms with E-state index in [1.807, 2.05) is 6.07 Å². The van der Waals surface area contributed by atoms with Gasteiger partial charge in [-0.25, -0.2) is 9.97 Å². The molecule has 0 radical (unpaired) electrons. The van der Waals surface area contributed by atoms with Gasteiger partial charge >= 0.3 is 0 Å². The van der Waals surface area contributed by atoms with E-state index in [1.54, 1.807) is 6.33 Å².